The van der Waals surface area contributed by atoms with Gasteiger partial charge in [-0.05, 0) is 64.8 Å². The lowest BCUT2D eigenvalue weighted by molar-refractivity contribution is 0.329. The van der Waals surface area contributed by atoms with Gasteiger partial charge in [-0.1, -0.05) is 6.92 Å². The minimum Gasteiger partial charge on any atom is -0.317 e. The van der Waals surface area contributed by atoms with Crippen LogP contribution in [0, 0.1) is 0 Å². The third-order valence-corrected chi connectivity index (χ3v) is 2.70. The first-order valence-corrected chi connectivity index (χ1v) is 5.86. The molecule has 0 aromatic rings. The van der Waals surface area contributed by atoms with E-state index in [1.807, 2.05) is 0 Å². The fraction of sp³-hybridized carbons (Fsp3) is 1.00. The molecule has 2 heteroatoms. The Labute approximate surface area is 82.7 Å². The van der Waals surface area contributed by atoms with Crippen LogP contribution in [0.1, 0.15) is 39.0 Å². The van der Waals surface area contributed by atoms with Crippen molar-refractivity contribution in [2.24, 2.45) is 0 Å². The highest BCUT2D eigenvalue weighted by molar-refractivity contribution is 4.65. The van der Waals surface area contributed by atoms with E-state index in [1.165, 1.54) is 64.8 Å². The fourth-order valence-corrected chi connectivity index (χ4v) is 1.89. The van der Waals surface area contributed by atoms with E-state index in [2.05, 4.69) is 17.1 Å². The smallest absolute Gasteiger partial charge is 0.00183 e. The van der Waals surface area contributed by atoms with Gasteiger partial charge in [0.1, 0.15) is 0 Å². The molecule has 78 valence electrons. The quantitative estimate of drug-likeness (QED) is 0.608. The molecule has 0 atom stereocenters. The van der Waals surface area contributed by atoms with Crippen LogP contribution in [-0.4, -0.2) is 37.6 Å². The average molecular weight is 184 g/mol. The molecule has 0 aromatic heterocycles. The van der Waals surface area contributed by atoms with E-state index in [1.54, 1.807) is 0 Å². The molecule has 0 bridgehead atoms. The summed E-state index contributed by atoms with van der Waals surface area (Å²) >= 11 is 0. The van der Waals surface area contributed by atoms with Gasteiger partial charge in [-0.3, -0.25) is 0 Å². The first-order chi connectivity index (χ1) is 6.43. The summed E-state index contributed by atoms with van der Waals surface area (Å²) in [5.41, 5.74) is 0. The maximum Gasteiger partial charge on any atom is -0.00183 e. The number of hydrogen-bond acceptors (Lipinski definition) is 2. The Hall–Kier alpha value is -0.0800. The third kappa shape index (κ3) is 5.27. The van der Waals surface area contributed by atoms with Crippen LogP contribution in [0.5, 0.6) is 0 Å². The summed E-state index contributed by atoms with van der Waals surface area (Å²) in [5, 5.41) is 3.44. The zero-order valence-electron chi connectivity index (χ0n) is 9.02. The zero-order valence-corrected chi connectivity index (χ0v) is 9.02. The SMILES string of the molecule is CCCNCCCCN1CCCC1. The molecule has 2 nitrogen and oxygen atoms in total. The minimum atomic E-state index is 1.18. The molecular weight excluding hydrogens is 160 g/mol. The Morgan fingerprint density at radius 1 is 1.08 bits per heavy atom. The Morgan fingerprint density at radius 3 is 2.54 bits per heavy atom. The van der Waals surface area contributed by atoms with Crippen LogP contribution in [0.2, 0.25) is 0 Å². The van der Waals surface area contributed by atoms with Crippen LogP contribution >= 0.6 is 0 Å². The average Bonchev–Trinajstić information content (AvgIpc) is 2.63. The molecule has 1 aliphatic heterocycles. The number of likely N-dealkylation sites (tertiary alicyclic amines) is 1. The number of hydrogen-bond donors (Lipinski definition) is 1. The van der Waals surface area contributed by atoms with Crippen LogP contribution < -0.4 is 5.32 Å². The molecule has 0 amide bonds. The van der Waals surface area contributed by atoms with Gasteiger partial charge in [-0.25, -0.2) is 0 Å². The Bertz CT molecular complexity index is 109. The van der Waals surface area contributed by atoms with Crippen molar-refractivity contribution in [2.75, 3.05) is 32.7 Å². The van der Waals surface area contributed by atoms with Crippen molar-refractivity contribution in [3.05, 3.63) is 0 Å². The van der Waals surface area contributed by atoms with E-state index in [0.29, 0.717) is 0 Å². The highest BCUT2D eigenvalue weighted by Crippen LogP contribution is 2.07. The molecular formula is C11H24N2. The van der Waals surface area contributed by atoms with Gasteiger partial charge in [0.05, 0.1) is 0 Å². The molecule has 1 rings (SSSR count). The zero-order chi connectivity index (χ0) is 9.36. The summed E-state index contributed by atoms with van der Waals surface area (Å²) in [6.45, 7) is 8.64. The molecule has 1 heterocycles. The van der Waals surface area contributed by atoms with Gasteiger partial charge in [0.15, 0.2) is 0 Å². The monoisotopic (exact) mass is 184 g/mol. The molecule has 13 heavy (non-hydrogen) atoms. The lowest BCUT2D eigenvalue weighted by atomic mass is 10.3. The van der Waals surface area contributed by atoms with Crippen LogP contribution in [0.3, 0.4) is 0 Å². The summed E-state index contributed by atoms with van der Waals surface area (Å²) in [5.74, 6) is 0. The lowest BCUT2D eigenvalue weighted by Crippen LogP contribution is -2.22. The summed E-state index contributed by atoms with van der Waals surface area (Å²) in [6.07, 6.45) is 6.82. The number of nitrogens with one attached hydrogen (secondary N) is 1. The third-order valence-electron chi connectivity index (χ3n) is 2.70. The molecule has 0 spiro atoms. The van der Waals surface area contributed by atoms with Crippen molar-refractivity contribution in [3.8, 4) is 0 Å². The molecule has 0 unspecified atom stereocenters. The maximum absolute atomic E-state index is 3.44. The Kier molecular flexibility index (Phi) is 6.21. The summed E-state index contributed by atoms with van der Waals surface area (Å²) in [4.78, 5) is 2.60. The van der Waals surface area contributed by atoms with Gasteiger partial charge in [0, 0.05) is 0 Å². The van der Waals surface area contributed by atoms with E-state index in [9.17, 15) is 0 Å². The normalized spacial score (nSPS) is 18.2. The van der Waals surface area contributed by atoms with Crippen molar-refractivity contribution in [1.82, 2.24) is 10.2 Å². The predicted octanol–water partition coefficient (Wildman–Crippen LogP) is 1.86. The molecule has 0 aromatic carbocycles. The van der Waals surface area contributed by atoms with E-state index in [4.69, 9.17) is 0 Å². The van der Waals surface area contributed by atoms with Crippen LogP contribution in [0.25, 0.3) is 0 Å². The van der Waals surface area contributed by atoms with E-state index in [-0.39, 0.29) is 0 Å². The second kappa shape index (κ2) is 7.34. The fourth-order valence-electron chi connectivity index (χ4n) is 1.89. The summed E-state index contributed by atoms with van der Waals surface area (Å²) < 4.78 is 0. The highest BCUT2D eigenvalue weighted by Gasteiger charge is 2.09. The number of nitrogens with zero attached hydrogens (tertiary/aromatic N) is 1. The van der Waals surface area contributed by atoms with Crippen LogP contribution in [-0.2, 0) is 0 Å². The van der Waals surface area contributed by atoms with E-state index in [0.717, 1.165) is 0 Å². The van der Waals surface area contributed by atoms with E-state index < -0.39 is 0 Å². The Balaban J connectivity index is 1.78. The Morgan fingerprint density at radius 2 is 1.85 bits per heavy atom. The van der Waals surface area contributed by atoms with Crippen molar-refractivity contribution in [3.63, 3.8) is 0 Å². The summed E-state index contributed by atoms with van der Waals surface area (Å²) in [7, 11) is 0. The standard InChI is InChI=1S/C11H24N2/c1-2-7-12-8-3-4-9-13-10-5-6-11-13/h12H,2-11H2,1H3. The van der Waals surface area contributed by atoms with Gasteiger partial charge in [0.2, 0.25) is 0 Å². The molecule has 0 saturated carbocycles. The second-order valence-electron chi connectivity index (χ2n) is 4.01. The molecule has 0 radical (unpaired) electrons. The van der Waals surface area contributed by atoms with Gasteiger partial charge in [-0.15, -0.1) is 0 Å². The van der Waals surface area contributed by atoms with Crippen LogP contribution in [0.15, 0.2) is 0 Å². The first-order valence-electron chi connectivity index (χ1n) is 5.86. The molecule has 0 aliphatic carbocycles. The summed E-state index contributed by atoms with van der Waals surface area (Å²) in [6, 6.07) is 0. The lowest BCUT2D eigenvalue weighted by Gasteiger charge is -2.13. The van der Waals surface area contributed by atoms with Crippen molar-refractivity contribution >= 4 is 0 Å². The highest BCUT2D eigenvalue weighted by atomic mass is 15.1. The molecule has 1 aliphatic rings. The van der Waals surface area contributed by atoms with E-state index >= 15 is 0 Å². The number of rotatable bonds is 7. The molecule has 1 N–H and O–H groups in total. The predicted molar refractivity (Wildman–Crippen MR) is 58.1 cm³/mol. The molecule has 1 saturated heterocycles. The minimum absolute atomic E-state index is 1.18. The first kappa shape index (κ1) is 11.0. The van der Waals surface area contributed by atoms with Gasteiger partial charge >= 0.3 is 0 Å². The van der Waals surface area contributed by atoms with Crippen molar-refractivity contribution < 1.29 is 0 Å². The topological polar surface area (TPSA) is 15.3 Å². The largest absolute Gasteiger partial charge is 0.317 e. The van der Waals surface area contributed by atoms with Crippen molar-refractivity contribution in [2.45, 2.75) is 39.0 Å². The van der Waals surface area contributed by atoms with Gasteiger partial charge < -0.3 is 10.2 Å². The van der Waals surface area contributed by atoms with Crippen LogP contribution in [0.4, 0.5) is 0 Å². The van der Waals surface area contributed by atoms with Gasteiger partial charge in [0.25, 0.3) is 0 Å². The van der Waals surface area contributed by atoms with Gasteiger partial charge in [-0.2, -0.15) is 0 Å². The van der Waals surface area contributed by atoms with Crippen molar-refractivity contribution in [1.29, 1.82) is 0 Å². The molecule has 1 fully saturated rings. The maximum atomic E-state index is 3.44. The second-order valence-corrected chi connectivity index (χ2v) is 4.01. The number of unbranched alkanes of at least 4 members (excludes halogenated alkanes) is 1.